The molecule has 0 aromatic carbocycles. The lowest BCUT2D eigenvalue weighted by atomic mass is 9.79. The van der Waals surface area contributed by atoms with Gasteiger partial charge in [-0.25, -0.2) is 4.98 Å². The molecule has 0 radical (unpaired) electrons. The Kier molecular flexibility index (Phi) is 5.16. The highest BCUT2D eigenvalue weighted by Gasteiger charge is 2.32. The molecule has 1 fully saturated rings. The van der Waals surface area contributed by atoms with Crippen LogP contribution < -0.4 is 10.6 Å². The van der Waals surface area contributed by atoms with E-state index in [4.69, 9.17) is 0 Å². The highest BCUT2D eigenvalue weighted by molar-refractivity contribution is 7.13. The van der Waals surface area contributed by atoms with Crippen LogP contribution >= 0.6 is 11.3 Å². The lowest BCUT2D eigenvalue weighted by molar-refractivity contribution is -0.117. The quantitative estimate of drug-likeness (QED) is 0.874. The van der Waals surface area contributed by atoms with Gasteiger partial charge in [-0.15, -0.1) is 11.3 Å². The molecule has 112 valence electrons. The smallest absolute Gasteiger partial charge is 0.228 e. The molecule has 0 unspecified atom stereocenters. The molecule has 1 aliphatic rings. The third-order valence-electron chi connectivity index (χ3n) is 4.20. The summed E-state index contributed by atoms with van der Waals surface area (Å²) >= 11 is 1.51. The van der Waals surface area contributed by atoms with Crippen LogP contribution in [0.25, 0.3) is 0 Å². The Hall–Kier alpha value is -0.940. The van der Waals surface area contributed by atoms with Gasteiger partial charge < -0.3 is 10.6 Å². The molecule has 0 spiro atoms. The molecule has 0 aliphatic heterocycles. The van der Waals surface area contributed by atoms with E-state index in [0.717, 1.165) is 23.7 Å². The number of aromatic nitrogens is 1. The van der Waals surface area contributed by atoms with Gasteiger partial charge in [0.25, 0.3) is 0 Å². The summed E-state index contributed by atoms with van der Waals surface area (Å²) in [5.41, 5.74) is 1.03. The van der Waals surface area contributed by atoms with Gasteiger partial charge in [0, 0.05) is 17.3 Å². The van der Waals surface area contributed by atoms with E-state index in [1.165, 1.54) is 30.6 Å². The second-order valence-corrected chi connectivity index (χ2v) is 6.91. The normalized spacial score (nSPS) is 18.2. The van der Waals surface area contributed by atoms with Gasteiger partial charge in [-0.3, -0.25) is 4.79 Å². The number of nitrogens with one attached hydrogen (secondary N) is 2. The number of hydrogen-bond acceptors (Lipinski definition) is 4. The fraction of sp³-hybridized carbons (Fsp3) is 0.733. The Labute approximate surface area is 125 Å². The number of carbonyl (C=O) groups excluding carboxylic acids is 1. The predicted octanol–water partition coefficient (Wildman–Crippen LogP) is 3.52. The lowest BCUT2D eigenvalue weighted by Crippen LogP contribution is -2.47. The number of rotatable bonds is 5. The zero-order valence-corrected chi connectivity index (χ0v) is 13.5. The minimum atomic E-state index is -0.0134. The zero-order chi connectivity index (χ0) is 14.6. The highest BCUT2D eigenvalue weighted by Crippen LogP contribution is 2.31. The van der Waals surface area contributed by atoms with Crippen LogP contribution in [0, 0.1) is 0 Å². The van der Waals surface area contributed by atoms with Crippen LogP contribution in [0.2, 0.25) is 0 Å². The first-order valence-corrected chi connectivity index (χ1v) is 8.37. The van der Waals surface area contributed by atoms with Crippen molar-refractivity contribution in [3.8, 4) is 0 Å². The molecule has 4 nitrogen and oxygen atoms in total. The summed E-state index contributed by atoms with van der Waals surface area (Å²) in [6.45, 7) is 4.22. The largest absolute Gasteiger partial charge is 0.314 e. The number of anilines is 1. The van der Waals surface area contributed by atoms with Gasteiger partial charge in [0.1, 0.15) is 0 Å². The van der Waals surface area contributed by atoms with Crippen LogP contribution in [-0.2, 0) is 4.79 Å². The van der Waals surface area contributed by atoms with Crippen molar-refractivity contribution in [1.82, 2.24) is 10.3 Å². The van der Waals surface area contributed by atoms with Gasteiger partial charge in [-0.2, -0.15) is 0 Å². The molecule has 0 atom stereocenters. The number of thiazole rings is 1. The monoisotopic (exact) mass is 295 g/mol. The van der Waals surface area contributed by atoms with Crippen LogP contribution in [0.3, 0.4) is 0 Å². The summed E-state index contributed by atoms with van der Waals surface area (Å²) in [5, 5.41) is 9.08. The molecule has 1 aromatic rings. The maximum absolute atomic E-state index is 12.2. The second kappa shape index (κ2) is 6.68. The van der Waals surface area contributed by atoms with Gasteiger partial charge in [0.15, 0.2) is 5.13 Å². The van der Waals surface area contributed by atoms with E-state index < -0.39 is 0 Å². The summed E-state index contributed by atoms with van der Waals surface area (Å²) in [4.78, 5) is 16.7. The van der Waals surface area contributed by atoms with Gasteiger partial charge >= 0.3 is 0 Å². The van der Waals surface area contributed by atoms with Crippen molar-refractivity contribution in [3.05, 3.63) is 11.1 Å². The molecule has 1 aliphatic carbocycles. The Balaban J connectivity index is 1.93. The summed E-state index contributed by atoms with van der Waals surface area (Å²) < 4.78 is 0. The third-order valence-corrected chi connectivity index (χ3v) is 4.98. The van der Waals surface area contributed by atoms with Crippen molar-refractivity contribution >= 4 is 22.4 Å². The van der Waals surface area contributed by atoms with Crippen molar-refractivity contribution in [2.75, 3.05) is 12.4 Å². The highest BCUT2D eigenvalue weighted by atomic mass is 32.1. The third kappa shape index (κ3) is 3.79. The standard InChI is InChI=1S/C15H25N3OS/c1-11(2)12-10-20-14(17-12)18-13(19)9-15(16-3)7-5-4-6-8-15/h10-11,16H,4-9H2,1-3H3,(H,17,18,19). The van der Waals surface area contributed by atoms with Crippen LogP contribution in [0.1, 0.15) is 64.0 Å². The molecular formula is C15H25N3OS. The SMILES string of the molecule is CNC1(CC(=O)Nc2nc(C(C)C)cs2)CCCCC1. The van der Waals surface area contributed by atoms with Gasteiger partial charge in [-0.05, 0) is 25.8 Å². The van der Waals surface area contributed by atoms with Gasteiger partial charge in [-0.1, -0.05) is 33.1 Å². The first-order valence-electron chi connectivity index (χ1n) is 7.49. The van der Waals surface area contributed by atoms with E-state index in [0.29, 0.717) is 12.3 Å². The van der Waals surface area contributed by atoms with Gasteiger partial charge in [0.05, 0.1) is 5.69 Å². The number of nitrogens with zero attached hydrogens (tertiary/aromatic N) is 1. The molecule has 20 heavy (non-hydrogen) atoms. The lowest BCUT2D eigenvalue weighted by Gasteiger charge is -2.36. The van der Waals surface area contributed by atoms with Gasteiger partial charge in [0.2, 0.25) is 5.91 Å². The Morgan fingerprint density at radius 3 is 2.65 bits per heavy atom. The number of carbonyl (C=O) groups is 1. The van der Waals surface area contributed by atoms with E-state index in [1.54, 1.807) is 0 Å². The molecule has 1 heterocycles. The average Bonchev–Trinajstić information content (AvgIpc) is 2.88. The van der Waals surface area contributed by atoms with E-state index >= 15 is 0 Å². The molecule has 1 saturated carbocycles. The topological polar surface area (TPSA) is 54.0 Å². The van der Waals surface area contributed by atoms with Crippen molar-refractivity contribution in [1.29, 1.82) is 0 Å². The Bertz CT molecular complexity index is 450. The molecule has 1 aromatic heterocycles. The molecule has 5 heteroatoms. The van der Waals surface area contributed by atoms with Crippen molar-refractivity contribution in [2.45, 2.75) is 63.8 Å². The molecule has 0 saturated heterocycles. The maximum Gasteiger partial charge on any atom is 0.228 e. The summed E-state index contributed by atoms with van der Waals surface area (Å²) in [5.74, 6) is 0.477. The number of amides is 1. The molecular weight excluding hydrogens is 270 g/mol. The van der Waals surface area contributed by atoms with Crippen molar-refractivity contribution in [2.24, 2.45) is 0 Å². The summed E-state index contributed by atoms with van der Waals surface area (Å²) in [7, 11) is 1.97. The van der Waals surface area contributed by atoms with E-state index in [9.17, 15) is 4.79 Å². The summed E-state index contributed by atoms with van der Waals surface area (Å²) in [6.07, 6.45) is 6.43. The van der Waals surface area contributed by atoms with Crippen LogP contribution in [0.15, 0.2) is 5.38 Å². The fourth-order valence-electron chi connectivity index (χ4n) is 2.82. The maximum atomic E-state index is 12.2. The summed E-state index contributed by atoms with van der Waals surface area (Å²) in [6, 6.07) is 0. The number of hydrogen-bond donors (Lipinski definition) is 2. The molecule has 2 N–H and O–H groups in total. The van der Waals surface area contributed by atoms with Crippen molar-refractivity contribution < 1.29 is 4.79 Å². The minimum absolute atomic E-state index is 0.0134. The van der Waals surface area contributed by atoms with E-state index in [1.807, 2.05) is 12.4 Å². The average molecular weight is 295 g/mol. The molecule has 0 bridgehead atoms. The fourth-order valence-corrected chi connectivity index (χ4v) is 3.71. The first-order chi connectivity index (χ1) is 9.54. The minimum Gasteiger partial charge on any atom is -0.314 e. The van der Waals surface area contributed by atoms with Crippen LogP contribution in [0.4, 0.5) is 5.13 Å². The van der Waals surface area contributed by atoms with Crippen molar-refractivity contribution in [3.63, 3.8) is 0 Å². The molecule has 2 rings (SSSR count). The Morgan fingerprint density at radius 1 is 1.40 bits per heavy atom. The second-order valence-electron chi connectivity index (χ2n) is 6.05. The first kappa shape index (κ1) is 15.4. The molecule has 1 amide bonds. The Morgan fingerprint density at radius 2 is 2.10 bits per heavy atom. The van der Waals surface area contributed by atoms with Crippen LogP contribution in [-0.4, -0.2) is 23.5 Å². The van der Waals surface area contributed by atoms with Crippen LogP contribution in [0.5, 0.6) is 0 Å². The van der Waals surface area contributed by atoms with E-state index in [2.05, 4.69) is 29.5 Å². The zero-order valence-electron chi connectivity index (χ0n) is 12.7. The predicted molar refractivity (Wildman–Crippen MR) is 84.3 cm³/mol. The van der Waals surface area contributed by atoms with E-state index in [-0.39, 0.29) is 11.4 Å².